The highest BCUT2D eigenvalue weighted by molar-refractivity contribution is 7.18. The molecule has 0 aliphatic carbocycles. The summed E-state index contributed by atoms with van der Waals surface area (Å²) in [7, 11) is 3.16. The van der Waals surface area contributed by atoms with Gasteiger partial charge in [-0.25, -0.2) is 0 Å². The molecule has 2 aromatic carbocycles. The van der Waals surface area contributed by atoms with Gasteiger partial charge >= 0.3 is 0 Å². The molecule has 0 bridgehead atoms. The Morgan fingerprint density at radius 1 is 1.04 bits per heavy atom. The molecule has 3 N–H and O–H groups in total. The number of rotatable bonds is 6. The van der Waals surface area contributed by atoms with E-state index in [1.807, 2.05) is 12.1 Å². The van der Waals surface area contributed by atoms with Gasteiger partial charge < -0.3 is 20.5 Å². The second-order valence-corrected chi connectivity index (χ2v) is 6.91. The number of methoxy groups -OCH3 is 2. The number of nitrogens with one attached hydrogen (secondary N) is 1. The fourth-order valence-corrected chi connectivity index (χ4v) is 3.52. The number of halogens is 1. The predicted molar refractivity (Wildman–Crippen MR) is 106 cm³/mol. The molecule has 0 spiro atoms. The number of benzene rings is 2. The Bertz CT molecular complexity index is 938. The van der Waals surface area contributed by atoms with Crippen molar-refractivity contribution >= 4 is 45.1 Å². The minimum Gasteiger partial charge on any atom is -0.493 e. The number of nitrogens with two attached hydrogens (primary N) is 1. The summed E-state index contributed by atoms with van der Waals surface area (Å²) >= 11 is 7.17. The number of thiophene rings is 1. The molecular formula is C19H17ClN2O3S. The van der Waals surface area contributed by atoms with Crippen molar-refractivity contribution in [1.29, 1.82) is 0 Å². The van der Waals surface area contributed by atoms with E-state index >= 15 is 0 Å². The van der Waals surface area contributed by atoms with Crippen LogP contribution in [0.3, 0.4) is 0 Å². The van der Waals surface area contributed by atoms with E-state index in [9.17, 15) is 4.79 Å². The van der Waals surface area contributed by atoms with Crippen molar-refractivity contribution in [1.82, 2.24) is 0 Å². The summed E-state index contributed by atoms with van der Waals surface area (Å²) in [6.07, 6.45) is 0. The molecule has 26 heavy (non-hydrogen) atoms. The fraction of sp³-hybridized carbons (Fsp3) is 0.105. The van der Waals surface area contributed by atoms with E-state index in [0.29, 0.717) is 32.6 Å². The molecule has 1 aromatic heterocycles. The molecule has 0 atom stereocenters. The number of ether oxygens (including phenoxy) is 2. The van der Waals surface area contributed by atoms with Crippen LogP contribution in [-0.4, -0.2) is 20.0 Å². The molecule has 0 radical (unpaired) electrons. The monoisotopic (exact) mass is 388 g/mol. The molecule has 3 rings (SSSR count). The topological polar surface area (TPSA) is 73.6 Å². The average molecular weight is 389 g/mol. The van der Waals surface area contributed by atoms with Crippen LogP contribution in [0.25, 0.3) is 0 Å². The van der Waals surface area contributed by atoms with Gasteiger partial charge in [-0.15, -0.1) is 11.3 Å². The van der Waals surface area contributed by atoms with Gasteiger partial charge in [-0.3, -0.25) is 4.79 Å². The highest BCUT2D eigenvalue weighted by Gasteiger charge is 2.17. The first-order valence-corrected chi connectivity index (χ1v) is 8.90. The molecule has 0 saturated carbocycles. The van der Waals surface area contributed by atoms with Gasteiger partial charge in [0.2, 0.25) is 5.78 Å². The van der Waals surface area contributed by atoms with Crippen molar-refractivity contribution in [3.63, 3.8) is 0 Å². The van der Waals surface area contributed by atoms with Gasteiger partial charge in [0, 0.05) is 22.3 Å². The highest BCUT2D eigenvalue weighted by atomic mass is 35.5. The number of hydrogen-bond acceptors (Lipinski definition) is 6. The first kappa shape index (κ1) is 18.1. The molecule has 0 aliphatic heterocycles. The summed E-state index contributed by atoms with van der Waals surface area (Å²) in [5.41, 5.74) is 7.81. The molecule has 1 heterocycles. The van der Waals surface area contributed by atoms with Gasteiger partial charge in [-0.05, 0) is 42.5 Å². The van der Waals surface area contributed by atoms with Crippen LogP contribution in [0, 0.1) is 0 Å². The largest absolute Gasteiger partial charge is 0.493 e. The quantitative estimate of drug-likeness (QED) is 0.583. The van der Waals surface area contributed by atoms with Gasteiger partial charge in [-0.1, -0.05) is 11.6 Å². The molecule has 134 valence electrons. The first-order valence-electron chi connectivity index (χ1n) is 7.70. The Balaban J connectivity index is 1.84. The Labute approximate surface area is 160 Å². The fourth-order valence-electron chi connectivity index (χ4n) is 2.43. The van der Waals surface area contributed by atoms with Crippen LogP contribution >= 0.6 is 22.9 Å². The van der Waals surface area contributed by atoms with Crippen LogP contribution in [0.4, 0.5) is 16.4 Å². The molecule has 0 fully saturated rings. The number of ketones is 1. The van der Waals surface area contributed by atoms with Crippen LogP contribution in [0.1, 0.15) is 15.2 Å². The molecular weight excluding hydrogens is 372 g/mol. The summed E-state index contributed by atoms with van der Waals surface area (Å²) < 4.78 is 10.5. The van der Waals surface area contributed by atoms with Crippen molar-refractivity contribution < 1.29 is 14.3 Å². The molecule has 0 amide bonds. The molecule has 7 heteroatoms. The second-order valence-electron chi connectivity index (χ2n) is 5.43. The summed E-state index contributed by atoms with van der Waals surface area (Å²) in [6.45, 7) is 0. The second kappa shape index (κ2) is 7.68. The van der Waals surface area contributed by atoms with Gasteiger partial charge in [0.15, 0.2) is 11.5 Å². The maximum atomic E-state index is 12.7. The van der Waals surface area contributed by atoms with Crippen molar-refractivity contribution in [2.24, 2.45) is 0 Å². The lowest BCUT2D eigenvalue weighted by molar-refractivity contribution is 0.104. The zero-order valence-electron chi connectivity index (χ0n) is 14.2. The zero-order valence-corrected chi connectivity index (χ0v) is 15.8. The molecule has 5 nitrogen and oxygen atoms in total. The third kappa shape index (κ3) is 3.76. The van der Waals surface area contributed by atoms with Crippen LogP contribution in [0.15, 0.2) is 48.5 Å². The number of carbonyl (C=O) groups excluding carboxylic acids is 1. The molecule has 0 aliphatic rings. The minimum atomic E-state index is -0.135. The predicted octanol–water partition coefficient (Wildman–Crippen LogP) is 4.98. The van der Waals surface area contributed by atoms with Crippen molar-refractivity contribution in [2.45, 2.75) is 0 Å². The van der Waals surface area contributed by atoms with Crippen LogP contribution in [0.2, 0.25) is 5.02 Å². The summed E-state index contributed by atoms with van der Waals surface area (Å²) in [6, 6.07) is 14.0. The van der Waals surface area contributed by atoms with Gasteiger partial charge in [0.05, 0.1) is 24.9 Å². The smallest absolute Gasteiger partial charge is 0.205 e. The van der Waals surface area contributed by atoms with Gasteiger partial charge in [0.25, 0.3) is 0 Å². The lowest BCUT2D eigenvalue weighted by atomic mass is 10.1. The maximum Gasteiger partial charge on any atom is 0.205 e. The lowest BCUT2D eigenvalue weighted by Gasteiger charge is -2.10. The van der Waals surface area contributed by atoms with Crippen LogP contribution in [-0.2, 0) is 0 Å². The first-order chi connectivity index (χ1) is 12.5. The maximum absolute atomic E-state index is 12.7. The number of hydrogen-bond donors (Lipinski definition) is 2. The number of anilines is 3. The number of carbonyl (C=O) groups is 1. The Hall–Kier alpha value is -2.70. The van der Waals surface area contributed by atoms with E-state index in [1.54, 1.807) is 50.6 Å². The zero-order chi connectivity index (χ0) is 18.7. The standard InChI is InChI=1S/C19H17ClN2O3S/c1-24-15-8-7-13(9-16(15)25-2)22-17-10-14(21)19(26-17)18(23)11-3-5-12(20)6-4-11/h3-10,22H,21H2,1-2H3. The molecule has 0 saturated heterocycles. The Morgan fingerprint density at radius 3 is 2.38 bits per heavy atom. The van der Waals surface area contributed by atoms with E-state index in [4.69, 9.17) is 26.8 Å². The molecule has 3 aromatic rings. The van der Waals surface area contributed by atoms with E-state index in [-0.39, 0.29) is 5.78 Å². The summed E-state index contributed by atoms with van der Waals surface area (Å²) in [5, 5.41) is 4.57. The van der Waals surface area contributed by atoms with E-state index in [0.717, 1.165) is 10.7 Å². The SMILES string of the molecule is COc1ccc(Nc2cc(N)c(C(=O)c3ccc(Cl)cc3)s2)cc1OC. The van der Waals surface area contributed by atoms with E-state index in [2.05, 4.69) is 5.32 Å². The van der Waals surface area contributed by atoms with Crippen LogP contribution in [0.5, 0.6) is 11.5 Å². The van der Waals surface area contributed by atoms with Crippen LogP contribution < -0.4 is 20.5 Å². The highest BCUT2D eigenvalue weighted by Crippen LogP contribution is 2.36. The van der Waals surface area contributed by atoms with E-state index in [1.165, 1.54) is 11.3 Å². The van der Waals surface area contributed by atoms with Crippen molar-refractivity contribution in [3.8, 4) is 11.5 Å². The third-order valence-electron chi connectivity index (χ3n) is 3.72. The molecule has 0 unspecified atom stereocenters. The van der Waals surface area contributed by atoms with E-state index < -0.39 is 0 Å². The minimum absolute atomic E-state index is 0.135. The van der Waals surface area contributed by atoms with Crippen molar-refractivity contribution in [2.75, 3.05) is 25.3 Å². The Kier molecular flexibility index (Phi) is 5.35. The summed E-state index contributed by atoms with van der Waals surface area (Å²) in [5.74, 6) is 1.12. The summed E-state index contributed by atoms with van der Waals surface area (Å²) in [4.78, 5) is 13.1. The third-order valence-corrected chi connectivity index (χ3v) is 5.04. The van der Waals surface area contributed by atoms with Crippen molar-refractivity contribution in [3.05, 3.63) is 64.0 Å². The normalized spacial score (nSPS) is 10.4. The Morgan fingerprint density at radius 2 is 1.73 bits per heavy atom. The van der Waals surface area contributed by atoms with Gasteiger partial charge in [-0.2, -0.15) is 0 Å². The number of nitrogen functional groups attached to an aromatic ring is 1. The van der Waals surface area contributed by atoms with Gasteiger partial charge in [0.1, 0.15) is 4.88 Å². The average Bonchev–Trinajstić information content (AvgIpc) is 3.01. The lowest BCUT2D eigenvalue weighted by Crippen LogP contribution is -2.01.